The van der Waals surface area contributed by atoms with Gasteiger partial charge in [0.1, 0.15) is 11.5 Å². The molecule has 0 aliphatic heterocycles. The molecule has 2 aromatic heterocycles. The molecule has 1 amide bonds. The number of nitrogens with one attached hydrogen (secondary N) is 3. The predicted octanol–water partition coefficient (Wildman–Crippen LogP) is 2.62. The third-order valence-electron chi connectivity index (χ3n) is 4.06. The van der Waals surface area contributed by atoms with E-state index in [-0.39, 0.29) is 11.6 Å². The summed E-state index contributed by atoms with van der Waals surface area (Å²) in [5.41, 5.74) is 1.75. The van der Waals surface area contributed by atoms with Crippen molar-refractivity contribution in [1.82, 2.24) is 25.4 Å². The van der Waals surface area contributed by atoms with Gasteiger partial charge in [-0.25, -0.2) is 0 Å². The molecule has 4 rings (SSSR count). The van der Waals surface area contributed by atoms with Gasteiger partial charge in [0.05, 0.1) is 25.3 Å². The molecular weight excluding hydrogens is 348 g/mol. The van der Waals surface area contributed by atoms with Crippen molar-refractivity contribution in [1.29, 1.82) is 0 Å². The van der Waals surface area contributed by atoms with E-state index in [0.717, 1.165) is 10.9 Å². The molecular formula is C18H16N6O3. The van der Waals surface area contributed by atoms with Crippen molar-refractivity contribution in [3.8, 4) is 22.9 Å². The number of fused-ring (bicyclic) bond motifs is 1. The molecule has 0 bridgehead atoms. The van der Waals surface area contributed by atoms with Crippen LogP contribution in [0.1, 0.15) is 10.5 Å². The SMILES string of the molecule is COc1ccc(-c2nc(NC(=O)c3n[nH]c4ccccc34)n[nH]2)c(OC)c1. The van der Waals surface area contributed by atoms with E-state index >= 15 is 0 Å². The molecule has 0 atom stereocenters. The minimum atomic E-state index is -0.403. The molecule has 3 N–H and O–H groups in total. The molecule has 9 nitrogen and oxygen atoms in total. The number of amides is 1. The number of hydrogen-bond acceptors (Lipinski definition) is 6. The number of benzene rings is 2. The number of hydrogen-bond donors (Lipinski definition) is 3. The summed E-state index contributed by atoms with van der Waals surface area (Å²) in [5.74, 6) is 1.42. The van der Waals surface area contributed by atoms with Crippen LogP contribution < -0.4 is 14.8 Å². The summed E-state index contributed by atoms with van der Waals surface area (Å²) < 4.78 is 10.6. The summed E-state index contributed by atoms with van der Waals surface area (Å²) in [6.45, 7) is 0. The van der Waals surface area contributed by atoms with E-state index in [4.69, 9.17) is 9.47 Å². The first kappa shape index (κ1) is 16.6. The van der Waals surface area contributed by atoms with Crippen LogP contribution in [0.3, 0.4) is 0 Å². The van der Waals surface area contributed by atoms with Gasteiger partial charge in [-0.2, -0.15) is 10.1 Å². The molecule has 0 spiro atoms. The van der Waals surface area contributed by atoms with Crippen molar-refractivity contribution in [2.24, 2.45) is 0 Å². The summed E-state index contributed by atoms with van der Waals surface area (Å²) in [6, 6.07) is 12.7. The Morgan fingerprint density at radius 2 is 1.89 bits per heavy atom. The second-order valence-electron chi connectivity index (χ2n) is 5.65. The first-order valence-corrected chi connectivity index (χ1v) is 8.09. The molecule has 0 radical (unpaired) electrons. The Balaban J connectivity index is 1.59. The number of ether oxygens (including phenoxy) is 2. The van der Waals surface area contributed by atoms with E-state index < -0.39 is 5.91 Å². The third kappa shape index (κ3) is 3.06. The summed E-state index contributed by atoms with van der Waals surface area (Å²) in [4.78, 5) is 16.8. The highest BCUT2D eigenvalue weighted by Gasteiger charge is 2.17. The fourth-order valence-electron chi connectivity index (χ4n) is 2.73. The molecule has 0 unspecified atom stereocenters. The summed E-state index contributed by atoms with van der Waals surface area (Å²) >= 11 is 0. The van der Waals surface area contributed by atoms with Gasteiger partial charge in [0.2, 0.25) is 5.95 Å². The number of H-pyrrole nitrogens is 2. The zero-order valence-corrected chi connectivity index (χ0v) is 14.6. The molecule has 27 heavy (non-hydrogen) atoms. The van der Waals surface area contributed by atoms with Gasteiger partial charge < -0.3 is 9.47 Å². The van der Waals surface area contributed by atoms with Crippen LogP contribution in [-0.2, 0) is 0 Å². The van der Waals surface area contributed by atoms with Crippen LogP contribution in [-0.4, -0.2) is 45.5 Å². The summed E-state index contributed by atoms with van der Waals surface area (Å²) in [5, 5.41) is 17.1. The maximum Gasteiger partial charge on any atom is 0.279 e. The lowest BCUT2D eigenvalue weighted by atomic mass is 10.2. The van der Waals surface area contributed by atoms with Crippen molar-refractivity contribution >= 4 is 22.8 Å². The number of carbonyl (C=O) groups excluding carboxylic acids is 1. The van der Waals surface area contributed by atoms with E-state index in [0.29, 0.717) is 22.9 Å². The summed E-state index contributed by atoms with van der Waals surface area (Å²) in [6.07, 6.45) is 0. The largest absolute Gasteiger partial charge is 0.497 e. The quantitative estimate of drug-likeness (QED) is 0.501. The number of para-hydroxylation sites is 1. The van der Waals surface area contributed by atoms with E-state index in [1.165, 1.54) is 0 Å². The lowest BCUT2D eigenvalue weighted by molar-refractivity contribution is 0.102. The van der Waals surface area contributed by atoms with Gasteiger partial charge >= 0.3 is 0 Å². The average Bonchev–Trinajstić information content (AvgIpc) is 3.34. The molecule has 4 aromatic rings. The predicted molar refractivity (Wildman–Crippen MR) is 99.0 cm³/mol. The first-order valence-electron chi connectivity index (χ1n) is 8.09. The Morgan fingerprint density at radius 1 is 1.04 bits per heavy atom. The topological polar surface area (TPSA) is 118 Å². The Labute approximate surface area is 153 Å². The molecule has 0 aliphatic rings. The van der Waals surface area contributed by atoms with E-state index in [2.05, 4.69) is 30.7 Å². The van der Waals surface area contributed by atoms with Gasteiger partial charge in [0.25, 0.3) is 5.91 Å². The van der Waals surface area contributed by atoms with Gasteiger partial charge in [-0.1, -0.05) is 18.2 Å². The number of aromatic amines is 2. The molecule has 9 heteroatoms. The Morgan fingerprint density at radius 3 is 2.70 bits per heavy atom. The van der Waals surface area contributed by atoms with Crippen LogP contribution in [0.4, 0.5) is 5.95 Å². The highest BCUT2D eigenvalue weighted by atomic mass is 16.5. The lowest BCUT2D eigenvalue weighted by Crippen LogP contribution is -2.13. The van der Waals surface area contributed by atoms with Crippen LogP contribution in [0.5, 0.6) is 11.5 Å². The molecule has 0 aliphatic carbocycles. The molecule has 0 fully saturated rings. The number of anilines is 1. The number of carbonyl (C=O) groups is 1. The van der Waals surface area contributed by atoms with E-state index in [1.807, 2.05) is 24.3 Å². The third-order valence-corrected chi connectivity index (χ3v) is 4.06. The van der Waals surface area contributed by atoms with Gasteiger partial charge in [-0.15, -0.1) is 5.10 Å². The van der Waals surface area contributed by atoms with Crippen molar-refractivity contribution in [2.45, 2.75) is 0 Å². The van der Waals surface area contributed by atoms with Gasteiger partial charge in [-0.05, 0) is 18.2 Å². The standard InChI is InChI=1S/C18H16N6O3/c1-26-10-7-8-12(14(9-10)27-2)16-19-18(24-23-16)20-17(25)15-11-5-3-4-6-13(11)21-22-15/h3-9H,1-2H3,(H,21,22)(H2,19,20,23,24,25). The second-order valence-corrected chi connectivity index (χ2v) is 5.65. The molecule has 136 valence electrons. The normalized spacial score (nSPS) is 10.7. The van der Waals surface area contributed by atoms with Crippen molar-refractivity contribution in [2.75, 3.05) is 19.5 Å². The summed E-state index contributed by atoms with van der Waals surface area (Å²) in [7, 11) is 3.13. The Hall–Kier alpha value is -3.88. The smallest absolute Gasteiger partial charge is 0.279 e. The highest BCUT2D eigenvalue weighted by Crippen LogP contribution is 2.31. The van der Waals surface area contributed by atoms with Crippen LogP contribution in [0.2, 0.25) is 0 Å². The van der Waals surface area contributed by atoms with Gasteiger partial charge in [0.15, 0.2) is 11.5 Å². The molecule has 0 saturated carbocycles. The van der Waals surface area contributed by atoms with Crippen LogP contribution in [0.15, 0.2) is 42.5 Å². The van der Waals surface area contributed by atoms with Crippen molar-refractivity contribution in [3.05, 3.63) is 48.2 Å². The monoisotopic (exact) mass is 364 g/mol. The zero-order valence-electron chi connectivity index (χ0n) is 14.6. The maximum atomic E-state index is 12.5. The first-order chi connectivity index (χ1) is 13.2. The molecule has 0 saturated heterocycles. The zero-order chi connectivity index (χ0) is 18.8. The van der Waals surface area contributed by atoms with E-state index in [9.17, 15) is 4.79 Å². The number of nitrogens with zero attached hydrogens (tertiary/aromatic N) is 3. The maximum absolute atomic E-state index is 12.5. The van der Waals surface area contributed by atoms with Crippen LogP contribution in [0.25, 0.3) is 22.3 Å². The van der Waals surface area contributed by atoms with Crippen molar-refractivity contribution < 1.29 is 14.3 Å². The van der Waals surface area contributed by atoms with Gasteiger partial charge in [0, 0.05) is 11.5 Å². The minimum absolute atomic E-state index is 0.139. The van der Waals surface area contributed by atoms with Crippen LogP contribution in [0, 0.1) is 0 Å². The Kier molecular flexibility index (Phi) is 4.17. The molecule has 2 heterocycles. The fraction of sp³-hybridized carbons (Fsp3) is 0.111. The fourth-order valence-corrected chi connectivity index (χ4v) is 2.73. The van der Waals surface area contributed by atoms with Crippen LogP contribution >= 0.6 is 0 Å². The number of aromatic nitrogens is 5. The number of methoxy groups -OCH3 is 2. The van der Waals surface area contributed by atoms with Crippen molar-refractivity contribution in [3.63, 3.8) is 0 Å². The molecule has 2 aromatic carbocycles. The Bertz CT molecular complexity index is 1120. The average molecular weight is 364 g/mol. The number of rotatable bonds is 5. The highest BCUT2D eigenvalue weighted by molar-refractivity contribution is 6.10. The second kappa shape index (κ2) is 6.79. The lowest BCUT2D eigenvalue weighted by Gasteiger charge is -2.07. The minimum Gasteiger partial charge on any atom is -0.497 e. The van der Waals surface area contributed by atoms with Gasteiger partial charge in [-0.3, -0.25) is 20.3 Å². The van der Waals surface area contributed by atoms with E-state index in [1.54, 1.807) is 32.4 Å².